The molecule has 2 aromatic carbocycles. The number of benzene rings is 2. The van der Waals surface area contributed by atoms with Gasteiger partial charge in [0.2, 0.25) is 0 Å². The molecule has 0 unspecified atom stereocenters. The number of methoxy groups -OCH3 is 1. The van der Waals surface area contributed by atoms with Crippen molar-refractivity contribution in [3.8, 4) is 5.75 Å². The molecule has 0 radical (unpaired) electrons. The summed E-state index contributed by atoms with van der Waals surface area (Å²) in [6.07, 6.45) is 0. The van der Waals surface area contributed by atoms with Crippen LogP contribution >= 0.6 is 0 Å². The number of anilines is 1. The SMILES string of the molecule is CCOc1ccc(C(=O)CNc2ccc(C(=O)OC)cc2)cc1. The van der Waals surface area contributed by atoms with Gasteiger partial charge in [-0.3, -0.25) is 4.79 Å². The fraction of sp³-hybridized carbons (Fsp3) is 0.222. The number of carbonyl (C=O) groups is 2. The summed E-state index contributed by atoms with van der Waals surface area (Å²) in [7, 11) is 1.34. The van der Waals surface area contributed by atoms with E-state index in [1.807, 2.05) is 6.92 Å². The summed E-state index contributed by atoms with van der Waals surface area (Å²) < 4.78 is 9.98. The molecule has 5 heteroatoms. The quantitative estimate of drug-likeness (QED) is 0.628. The highest BCUT2D eigenvalue weighted by atomic mass is 16.5. The first-order valence-electron chi connectivity index (χ1n) is 7.32. The Morgan fingerprint density at radius 1 is 0.957 bits per heavy atom. The molecule has 0 bridgehead atoms. The van der Waals surface area contributed by atoms with Crippen molar-refractivity contribution < 1.29 is 19.1 Å². The van der Waals surface area contributed by atoms with Gasteiger partial charge >= 0.3 is 5.97 Å². The first-order chi connectivity index (χ1) is 11.1. The molecule has 0 fully saturated rings. The average molecular weight is 313 g/mol. The van der Waals surface area contributed by atoms with Crippen molar-refractivity contribution in [1.82, 2.24) is 0 Å². The van der Waals surface area contributed by atoms with Crippen LogP contribution in [0.25, 0.3) is 0 Å². The lowest BCUT2D eigenvalue weighted by molar-refractivity contribution is 0.0600. The minimum Gasteiger partial charge on any atom is -0.494 e. The van der Waals surface area contributed by atoms with Crippen molar-refractivity contribution in [2.75, 3.05) is 25.6 Å². The molecule has 2 rings (SSSR count). The van der Waals surface area contributed by atoms with Crippen LogP contribution in [0.4, 0.5) is 5.69 Å². The molecule has 1 N–H and O–H groups in total. The van der Waals surface area contributed by atoms with E-state index < -0.39 is 0 Å². The van der Waals surface area contributed by atoms with Crippen LogP contribution in [0.2, 0.25) is 0 Å². The Kier molecular flexibility index (Phi) is 5.74. The lowest BCUT2D eigenvalue weighted by atomic mass is 10.1. The number of nitrogens with one attached hydrogen (secondary N) is 1. The lowest BCUT2D eigenvalue weighted by Gasteiger charge is -2.07. The number of Topliss-reactive ketones (excluding diaryl/α,β-unsaturated/α-hetero) is 1. The molecule has 5 nitrogen and oxygen atoms in total. The monoisotopic (exact) mass is 313 g/mol. The molecule has 23 heavy (non-hydrogen) atoms. The smallest absolute Gasteiger partial charge is 0.337 e. The molecule has 0 saturated heterocycles. The zero-order valence-electron chi connectivity index (χ0n) is 13.2. The fourth-order valence-corrected chi connectivity index (χ4v) is 2.03. The molecular weight excluding hydrogens is 294 g/mol. The topological polar surface area (TPSA) is 64.6 Å². The lowest BCUT2D eigenvalue weighted by Crippen LogP contribution is -2.14. The number of esters is 1. The van der Waals surface area contributed by atoms with Gasteiger partial charge in [0.1, 0.15) is 5.75 Å². The Balaban J connectivity index is 1.92. The minimum atomic E-state index is -0.387. The summed E-state index contributed by atoms with van der Waals surface area (Å²) in [6, 6.07) is 13.8. The second-order valence-corrected chi connectivity index (χ2v) is 4.80. The van der Waals surface area contributed by atoms with Gasteiger partial charge in [0, 0.05) is 11.3 Å². The number of hydrogen-bond acceptors (Lipinski definition) is 5. The Hall–Kier alpha value is -2.82. The van der Waals surface area contributed by atoms with Crippen LogP contribution in [0.15, 0.2) is 48.5 Å². The standard InChI is InChI=1S/C18H19NO4/c1-3-23-16-10-6-13(7-11-16)17(20)12-19-15-8-4-14(5-9-15)18(21)22-2/h4-11,19H,3,12H2,1-2H3. The van der Waals surface area contributed by atoms with Gasteiger partial charge in [0.25, 0.3) is 0 Å². The molecule has 0 amide bonds. The van der Waals surface area contributed by atoms with Crippen molar-refractivity contribution in [3.05, 3.63) is 59.7 Å². The van der Waals surface area contributed by atoms with E-state index in [4.69, 9.17) is 4.74 Å². The summed E-state index contributed by atoms with van der Waals surface area (Å²) in [6.45, 7) is 2.68. The third-order valence-electron chi connectivity index (χ3n) is 3.25. The minimum absolute atomic E-state index is 0.0231. The molecule has 120 valence electrons. The van der Waals surface area contributed by atoms with Gasteiger partial charge in [-0.1, -0.05) is 0 Å². The number of ether oxygens (including phenoxy) is 2. The molecule has 0 aromatic heterocycles. The Bertz CT molecular complexity index is 662. The van der Waals surface area contributed by atoms with Crippen LogP contribution < -0.4 is 10.1 Å². The van der Waals surface area contributed by atoms with Crippen LogP contribution in [-0.4, -0.2) is 32.0 Å². The summed E-state index contributed by atoms with van der Waals surface area (Å²) in [5.74, 6) is 0.336. The zero-order valence-corrected chi connectivity index (χ0v) is 13.2. The molecule has 0 atom stereocenters. The highest BCUT2D eigenvalue weighted by molar-refractivity contribution is 5.99. The van der Waals surface area contributed by atoms with E-state index in [0.717, 1.165) is 11.4 Å². The van der Waals surface area contributed by atoms with Crippen LogP contribution in [0.5, 0.6) is 5.75 Å². The molecule has 0 aliphatic carbocycles. The third-order valence-corrected chi connectivity index (χ3v) is 3.25. The van der Waals surface area contributed by atoms with E-state index in [9.17, 15) is 9.59 Å². The summed E-state index contributed by atoms with van der Waals surface area (Å²) in [4.78, 5) is 23.5. The van der Waals surface area contributed by atoms with Gasteiger partial charge in [0.15, 0.2) is 5.78 Å². The number of hydrogen-bond donors (Lipinski definition) is 1. The Morgan fingerprint density at radius 3 is 2.13 bits per heavy atom. The average Bonchev–Trinajstić information content (AvgIpc) is 2.60. The summed E-state index contributed by atoms with van der Waals surface area (Å²) in [5, 5.41) is 3.03. The van der Waals surface area contributed by atoms with Gasteiger partial charge < -0.3 is 14.8 Å². The van der Waals surface area contributed by atoms with Gasteiger partial charge in [0.05, 0.1) is 25.8 Å². The maximum Gasteiger partial charge on any atom is 0.337 e. The van der Waals surface area contributed by atoms with Crippen molar-refractivity contribution in [3.63, 3.8) is 0 Å². The molecule has 2 aromatic rings. The van der Waals surface area contributed by atoms with E-state index in [1.54, 1.807) is 48.5 Å². The van der Waals surface area contributed by atoms with Crippen molar-refractivity contribution in [1.29, 1.82) is 0 Å². The maximum atomic E-state index is 12.1. The summed E-state index contributed by atoms with van der Waals surface area (Å²) >= 11 is 0. The second-order valence-electron chi connectivity index (χ2n) is 4.80. The number of rotatable bonds is 7. The zero-order chi connectivity index (χ0) is 16.7. The van der Waals surface area contributed by atoms with Gasteiger partial charge in [-0.05, 0) is 55.5 Å². The van der Waals surface area contributed by atoms with E-state index >= 15 is 0 Å². The fourth-order valence-electron chi connectivity index (χ4n) is 2.03. The third kappa shape index (κ3) is 4.57. The Morgan fingerprint density at radius 2 is 1.57 bits per heavy atom. The maximum absolute atomic E-state index is 12.1. The van der Waals surface area contributed by atoms with Gasteiger partial charge in [-0.25, -0.2) is 4.79 Å². The van der Waals surface area contributed by atoms with Gasteiger partial charge in [-0.15, -0.1) is 0 Å². The van der Waals surface area contributed by atoms with Crippen molar-refractivity contribution >= 4 is 17.4 Å². The largest absolute Gasteiger partial charge is 0.494 e. The Labute approximate surface area is 135 Å². The van der Waals surface area contributed by atoms with E-state index in [1.165, 1.54) is 7.11 Å². The van der Waals surface area contributed by atoms with Crippen LogP contribution in [0.1, 0.15) is 27.6 Å². The number of ketones is 1. The molecule has 0 heterocycles. The number of carbonyl (C=O) groups excluding carboxylic acids is 2. The molecular formula is C18H19NO4. The van der Waals surface area contributed by atoms with Crippen LogP contribution in [-0.2, 0) is 4.74 Å². The molecule has 0 aliphatic heterocycles. The van der Waals surface area contributed by atoms with E-state index in [-0.39, 0.29) is 18.3 Å². The van der Waals surface area contributed by atoms with Crippen molar-refractivity contribution in [2.45, 2.75) is 6.92 Å². The first kappa shape index (κ1) is 16.5. The van der Waals surface area contributed by atoms with E-state index in [0.29, 0.717) is 17.7 Å². The highest BCUT2D eigenvalue weighted by Gasteiger charge is 2.07. The molecule has 0 aliphatic rings. The summed E-state index contributed by atoms with van der Waals surface area (Å²) in [5.41, 5.74) is 1.85. The molecule has 0 spiro atoms. The predicted octanol–water partition coefficient (Wildman–Crippen LogP) is 3.17. The van der Waals surface area contributed by atoms with Crippen molar-refractivity contribution in [2.24, 2.45) is 0 Å². The van der Waals surface area contributed by atoms with E-state index in [2.05, 4.69) is 10.1 Å². The second kappa shape index (κ2) is 7.98. The highest BCUT2D eigenvalue weighted by Crippen LogP contribution is 2.14. The predicted molar refractivity (Wildman–Crippen MR) is 88.2 cm³/mol. The van der Waals surface area contributed by atoms with Crippen LogP contribution in [0.3, 0.4) is 0 Å². The first-order valence-corrected chi connectivity index (χ1v) is 7.32. The van der Waals surface area contributed by atoms with Crippen LogP contribution in [0, 0.1) is 0 Å². The van der Waals surface area contributed by atoms with Gasteiger partial charge in [-0.2, -0.15) is 0 Å². The normalized spacial score (nSPS) is 10.0. The molecule has 0 saturated carbocycles.